The minimum absolute atomic E-state index is 0.142. The van der Waals surface area contributed by atoms with Gasteiger partial charge in [0.1, 0.15) is 0 Å². The minimum atomic E-state index is -0.142. The standard InChI is InChI=1S/C9H8Br2O3/c1-2-14-7-3-6(10)8(11)5(4-12)9(7)13/h3-4,13H,2H2,1H3. The fourth-order valence-electron chi connectivity index (χ4n) is 0.985. The third-order valence-electron chi connectivity index (χ3n) is 1.61. The molecule has 0 aliphatic heterocycles. The Morgan fingerprint density at radius 2 is 2.21 bits per heavy atom. The molecule has 0 unspecified atom stereocenters. The van der Waals surface area contributed by atoms with Crippen LogP contribution in [0.3, 0.4) is 0 Å². The first-order valence-electron chi connectivity index (χ1n) is 3.90. The van der Waals surface area contributed by atoms with E-state index >= 15 is 0 Å². The molecule has 0 aliphatic rings. The molecule has 0 heterocycles. The molecule has 14 heavy (non-hydrogen) atoms. The van der Waals surface area contributed by atoms with Crippen LogP contribution in [0, 0.1) is 0 Å². The maximum Gasteiger partial charge on any atom is 0.169 e. The van der Waals surface area contributed by atoms with E-state index in [0.717, 1.165) is 0 Å². The van der Waals surface area contributed by atoms with E-state index < -0.39 is 0 Å². The largest absolute Gasteiger partial charge is 0.504 e. The zero-order chi connectivity index (χ0) is 10.7. The normalized spacial score (nSPS) is 9.93. The lowest BCUT2D eigenvalue weighted by molar-refractivity contribution is 0.111. The number of halogens is 2. The number of hydrogen-bond acceptors (Lipinski definition) is 3. The summed E-state index contributed by atoms with van der Waals surface area (Å²) >= 11 is 6.43. The highest BCUT2D eigenvalue weighted by molar-refractivity contribution is 9.13. The Balaban J connectivity index is 3.34. The second-order valence-electron chi connectivity index (χ2n) is 2.48. The van der Waals surface area contributed by atoms with Gasteiger partial charge in [-0.05, 0) is 44.8 Å². The lowest BCUT2D eigenvalue weighted by Gasteiger charge is -2.09. The molecule has 0 amide bonds. The summed E-state index contributed by atoms with van der Waals surface area (Å²) in [4.78, 5) is 10.7. The van der Waals surface area contributed by atoms with Gasteiger partial charge in [0.05, 0.1) is 12.2 Å². The van der Waals surface area contributed by atoms with Gasteiger partial charge in [-0.1, -0.05) is 0 Å². The molecule has 1 N–H and O–H groups in total. The Bertz CT molecular complexity index is 364. The van der Waals surface area contributed by atoms with Crippen LogP contribution in [0.4, 0.5) is 0 Å². The average Bonchev–Trinajstić information content (AvgIpc) is 2.16. The first-order chi connectivity index (χ1) is 6.61. The van der Waals surface area contributed by atoms with Crippen molar-refractivity contribution in [2.24, 2.45) is 0 Å². The van der Waals surface area contributed by atoms with Crippen LogP contribution in [0.5, 0.6) is 11.5 Å². The molecular weight excluding hydrogens is 316 g/mol. The summed E-state index contributed by atoms with van der Waals surface area (Å²) in [7, 11) is 0. The number of rotatable bonds is 3. The number of phenolic OH excluding ortho intramolecular Hbond substituents is 1. The fraction of sp³-hybridized carbons (Fsp3) is 0.222. The molecule has 0 atom stereocenters. The van der Waals surface area contributed by atoms with Crippen LogP contribution < -0.4 is 4.74 Å². The van der Waals surface area contributed by atoms with E-state index in [0.29, 0.717) is 27.6 Å². The van der Waals surface area contributed by atoms with E-state index in [4.69, 9.17) is 4.74 Å². The van der Waals surface area contributed by atoms with Gasteiger partial charge >= 0.3 is 0 Å². The summed E-state index contributed by atoms with van der Waals surface area (Å²) < 4.78 is 6.34. The topological polar surface area (TPSA) is 46.5 Å². The van der Waals surface area contributed by atoms with Crippen molar-refractivity contribution in [1.29, 1.82) is 0 Å². The highest BCUT2D eigenvalue weighted by Crippen LogP contribution is 2.39. The van der Waals surface area contributed by atoms with E-state index in [1.165, 1.54) is 0 Å². The van der Waals surface area contributed by atoms with Gasteiger partial charge in [0.15, 0.2) is 17.8 Å². The van der Waals surface area contributed by atoms with Gasteiger partial charge < -0.3 is 9.84 Å². The maximum absolute atomic E-state index is 10.7. The number of carbonyl (C=O) groups excluding carboxylic acids is 1. The van der Waals surface area contributed by atoms with Crippen molar-refractivity contribution in [2.45, 2.75) is 6.92 Å². The molecule has 0 radical (unpaired) electrons. The van der Waals surface area contributed by atoms with E-state index in [1.54, 1.807) is 13.0 Å². The zero-order valence-electron chi connectivity index (χ0n) is 7.38. The molecule has 0 bridgehead atoms. The number of carbonyl (C=O) groups is 1. The summed E-state index contributed by atoms with van der Waals surface area (Å²) in [5, 5.41) is 9.62. The minimum Gasteiger partial charge on any atom is -0.504 e. The number of aldehydes is 1. The lowest BCUT2D eigenvalue weighted by Crippen LogP contribution is -1.95. The number of phenols is 1. The van der Waals surface area contributed by atoms with Crippen molar-refractivity contribution in [2.75, 3.05) is 6.61 Å². The van der Waals surface area contributed by atoms with Gasteiger partial charge in [-0.15, -0.1) is 0 Å². The highest BCUT2D eigenvalue weighted by Gasteiger charge is 2.14. The smallest absolute Gasteiger partial charge is 0.169 e. The Kier molecular flexibility index (Phi) is 3.95. The predicted molar refractivity (Wildman–Crippen MR) is 60.1 cm³/mol. The Hall–Kier alpha value is -0.550. The molecular formula is C9H8Br2O3. The van der Waals surface area contributed by atoms with Crippen LogP contribution in [0.25, 0.3) is 0 Å². The van der Waals surface area contributed by atoms with Crippen LogP contribution >= 0.6 is 31.9 Å². The van der Waals surface area contributed by atoms with E-state index in [9.17, 15) is 9.90 Å². The quantitative estimate of drug-likeness (QED) is 0.869. The molecule has 0 aliphatic carbocycles. The summed E-state index contributed by atoms with van der Waals surface area (Å²) in [6.07, 6.45) is 0.576. The molecule has 1 rings (SSSR count). The van der Waals surface area contributed by atoms with Crippen LogP contribution in [0.2, 0.25) is 0 Å². The van der Waals surface area contributed by atoms with Gasteiger partial charge in [0.25, 0.3) is 0 Å². The molecule has 1 aromatic rings. The van der Waals surface area contributed by atoms with Crippen LogP contribution in [-0.4, -0.2) is 18.0 Å². The van der Waals surface area contributed by atoms with Crippen LogP contribution in [-0.2, 0) is 0 Å². The van der Waals surface area contributed by atoms with Crippen molar-refractivity contribution in [3.05, 3.63) is 20.6 Å². The molecule has 0 spiro atoms. The molecule has 0 saturated carbocycles. The van der Waals surface area contributed by atoms with Gasteiger partial charge in [0, 0.05) is 8.95 Å². The summed E-state index contributed by atoms with van der Waals surface area (Å²) in [5.41, 5.74) is 0.183. The highest BCUT2D eigenvalue weighted by atomic mass is 79.9. The Labute approximate surface area is 98.3 Å². The third kappa shape index (κ3) is 2.09. The fourth-order valence-corrected chi connectivity index (χ4v) is 1.80. The zero-order valence-corrected chi connectivity index (χ0v) is 10.6. The Morgan fingerprint density at radius 1 is 1.57 bits per heavy atom. The lowest BCUT2D eigenvalue weighted by atomic mass is 10.2. The third-order valence-corrected chi connectivity index (χ3v) is 3.62. The monoisotopic (exact) mass is 322 g/mol. The van der Waals surface area contributed by atoms with Gasteiger partial charge in [-0.25, -0.2) is 0 Å². The molecule has 0 fully saturated rings. The molecule has 0 aromatic heterocycles. The van der Waals surface area contributed by atoms with Crippen LogP contribution in [0.15, 0.2) is 15.0 Å². The van der Waals surface area contributed by atoms with Crippen LogP contribution in [0.1, 0.15) is 17.3 Å². The molecule has 3 nitrogen and oxygen atoms in total. The molecule has 1 aromatic carbocycles. The maximum atomic E-state index is 10.7. The van der Waals surface area contributed by atoms with Gasteiger partial charge in [-0.2, -0.15) is 0 Å². The van der Waals surface area contributed by atoms with E-state index in [2.05, 4.69) is 31.9 Å². The number of benzene rings is 1. The van der Waals surface area contributed by atoms with Gasteiger partial charge in [-0.3, -0.25) is 4.79 Å². The van der Waals surface area contributed by atoms with Crippen molar-refractivity contribution in [1.82, 2.24) is 0 Å². The molecule has 5 heteroatoms. The summed E-state index contributed by atoms with van der Waals surface area (Å²) in [5.74, 6) is 0.154. The number of hydrogen-bond donors (Lipinski definition) is 1. The summed E-state index contributed by atoms with van der Waals surface area (Å²) in [6.45, 7) is 2.23. The van der Waals surface area contributed by atoms with Crippen molar-refractivity contribution >= 4 is 38.1 Å². The first kappa shape index (κ1) is 11.5. The summed E-state index contributed by atoms with van der Waals surface area (Å²) in [6, 6.07) is 1.61. The molecule has 76 valence electrons. The second-order valence-corrected chi connectivity index (χ2v) is 4.13. The second kappa shape index (κ2) is 4.79. The molecule has 0 saturated heterocycles. The van der Waals surface area contributed by atoms with E-state index in [1.807, 2.05) is 0 Å². The van der Waals surface area contributed by atoms with E-state index in [-0.39, 0.29) is 11.3 Å². The average molecular weight is 324 g/mol. The SMILES string of the molecule is CCOc1cc(Br)c(Br)c(C=O)c1O. The predicted octanol–water partition coefficient (Wildman–Crippen LogP) is 3.13. The Morgan fingerprint density at radius 3 is 2.71 bits per heavy atom. The van der Waals surface area contributed by atoms with Gasteiger partial charge in [0.2, 0.25) is 0 Å². The van der Waals surface area contributed by atoms with Crippen molar-refractivity contribution in [3.8, 4) is 11.5 Å². The number of ether oxygens (including phenoxy) is 1. The van der Waals surface area contributed by atoms with Crippen molar-refractivity contribution in [3.63, 3.8) is 0 Å². The van der Waals surface area contributed by atoms with Crippen molar-refractivity contribution < 1.29 is 14.6 Å². The number of aromatic hydroxyl groups is 1. The first-order valence-corrected chi connectivity index (χ1v) is 5.49.